The lowest BCUT2D eigenvalue weighted by molar-refractivity contribution is -0.135. The van der Waals surface area contributed by atoms with Gasteiger partial charge in [-0.3, -0.25) is 4.79 Å². The molecule has 23 heavy (non-hydrogen) atoms. The van der Waals surface area contributed by atoms with Gasteiger partial charge >= 0.3 is 0 Å². The van der Waals surface area contributed by atoms with Crippen LogP contribution in [0, 0.1) is 5.92 Å². The number of amides is 1. The van der Waals surface area contributed by atoms with E-state index < -0.39 is 0 Å². The number of benzene rings is 1. The van der Waals surface area contributed by atoms with Crippen molar-refractivity contribution in [1.82, 2.24) is 4.90 Å². The summed E-state index contributed by atoms with van der Waals surface area (Å²) in [5.74, 6) is 1.56. The number of carbonyl (C=O) groups is 1. The summed E-state index contributed by atoms with van der Waals surface area (Å²) in [5.41, 5.74) is 0.848. The Balaban J connectivity index is 1.59. The van der Waals surface area contributed by atoms with Gasteiger partial charge in [-0.05, 0) is 49.8 Å². The van der Waals surface area contributed by atoms with Crippen LogP contribution in [0.3, 0.4) is 0 Å². The minimum atomic E-state index is 0.202. The number of hydrogen-bond acceptors (Lipinski definition) is 3. The molecule has 1 amide bonds. The normalized spacial score (nSPS) is 24.0. The van der Waals surface area contributed by atoms with Crippen LogP contribution in [0.4, 0.5) is 5.69 Å². The Labute approximate surface area is 143 Å². The van der Waals surface area contributed by atoms with Gasteiger partial charge in [-0.25, -0.2) is 0 Å². The molecule has 1 aliphatic carbocycles. The van der Waals surface area contributed by atoms with Crippen molar-refractivity contribution in [3.63, 3.8) is 0 Å². The number of rotatable bonds is 4. The fourth-order valence-corrected chi connectivity index (χ4v) is 4.25. The first-order valence-electron chi connectivity index (χ1n) is 8.56. The van der Waals surface area contributed by atoms with Crippen LogP contribution in [0.1, 0.15) is 38.5 Å². The second kappa shape index (κ2) is 7.43. The van der Waals surface area contributed by atoms with Crippen LogP contribution in [-0.4, -0.2) is 37.0 Å². The average Bonchev–Trinajstić information content (AvgIpc) is 2.59. The number of methoxy groups -OCH3 is 1. The van der Waals surface area contributed by atoms with E-state index >= 15 is 0 Å². The smallest absolute Gasteiger partial charge is 0.242 e. The molecule has 5 heteroatoms. The predicted octanol–water partition coefficient (Wildman–Crippen LogP) is 3.94. The number of halogens is 1. The number of ether oxygens (including phenoxy) is 1. The maximum atomic E-state index is 12.6. The number of anilines is 1. The summed E-state index contributed by atoms with van der Waals surface area (Å²) < 4.78 is 5.15. The fraction of sp³-hybridized carbons (Fsp3) is 0.611. The van der Waals surface area contributed by atoms with Gasteiger partial charge in [0.2, 0.25) is 5.91 Å². The molecule has 2 unspecified atom stereocenters. The molecule has 0 aromatic heterocycles. The molecule has 1 N–H and O–H groups in total. The highest BCUT2D eigenvalue weighted by Gasteiger charge is 2.35. The molecular weight excluding hydrogens is 312 g/mol. The van der Waals surface area contributed by atoms with Gasteiger partial charge in [0.05, 0.1) is 18.7 Å². The van der Waals surface area contributed by atoms with Crippen molar-refractivity contribution in [3.8, 4) is 5.75 Å². The molecule has 1 aromatic rings. The first-order chi connectivity index (χ1) is 11.2. The first-order valence-corrected chi connectivity index (χ1v) is 8.93. The zero-order valence-electron chi connectivity index (χ0n) is 13.7. The summed E-state index contributed by atoms with van der Waals surface area (Å²) in [6.07, 6.45) is 7.47. The third-order valence-corrected chi connectivity index (χ3v) is 5.45. The third-order valence-electron chi connectivity index (χ3n) is 5.16. The summed E-state index contributed by atoms with van der Waals surface area (Å²) in [4.78, 5) is 14.8. The van der Waals surface area contributed by atoms with Crippen LogP contribution in [0.5, 0.6) is 5.75 Å². The van der Waals surface area contributed by atoms with Crippen LogP contribution < -0.4 is 10.1 Å². The number of piperidine rings is 1. The Bertz CT molecular complexity index is 562. The molecule has 1 aliphatic heterocycles. The second-order valence-corrected chi connectivity index (χ2v) is 6.95. The highest BCUT2D eigenvalue weighted by atomic mass is 35.5. The lowest BCUT2D eigenvalue weighted by Crippen LogP contribution is -2.51. The van der Waals surface area contributed by atoms with E-state index in [4.69, 9.17) is 16.3 Å². The van der Waals surface area contributed by atoms with E-state index in [0.29, 0.717) is 23.4 Å². The standard InChI is InChI=1S/C18H25ClN2O2/c1-23-17-9-8-14(11-15(17)19)20-12-18(22)21-10-4-6-13-5-2-3-7-16(13)21/h8-9,11,13,16,20H,2-7,10,12H2,1H3. The van der Waals surface area contributed by atoms with E-state index in [1.807, 2.05) is 12.1 Å². The first kappa shape index (κ1) is 16.4. The number of nitrogens with one attached hydrogen (secondary N) is 1. The number of hydrogen-bond donors (Lipinski definition) is 1. The Morgan fingerprint density at radius 3 is 2.87 bits per heavy atom. The van der Waals surface area contributed by atoms with Crippen LogP contribution in [0.15, 0.2) is 18.2 Å². The summed E-state index contributed by atoms with van der Waals surface area (Å²) >= 11 is 6.12. The summed E-state index contributed by atoms with van der Waals surface area (Å²) in [6.45, 7) is 1.23. The van der Waals surface area contributed by atoms with Gasteiger partial charge in [0.1, 0.15) is 5.75 Å². The molecular formula is C18H25ClN2O2. The van der Waals surface area contributed by atoms with Crippen molar-refractivity contribution in [3.05, 3.63) is 23.2 Å². The van der Waals surface area contributed by atoms with Crippen molar-refractivity contribution in [2.24, 2.45) is 5.92 Å². The molecule has 126 valence electrons. The minimum Gasteiger partial charge on any atom is -0.495 e. The van der Waals surface area contributed by atoms with Gasteiger partial charge in [-0.2, -0.15) is 0 Å². The molecule has 2 atom stereocenters. The molecule has 1 saturated heterocycles. The monoisotopic (exact) mass is 336 g/mol. The van der Waals surface area contributed by atoms with Crippen molar-refractivity contribution in [2.45, 2.75) is 44.6 Å². The summed E-state index contributed by atoms with van der Waals surface area (Å²) in [6, 6.07) is 5.96. The molecule has 0 radical (unpaired) electrons. The highest BCUT2D eigenvalue weighted by Crippen LogP contribution is 2.35. The number of carbonyl (C=O) groups excluding carboxylic acids is 1. The van der Waals surface area contributed by atoms with E-state index in [-0.39, 0.29) is 5.91 Å². The van der Waals surface area contributed by atoms with Gasteiger partial charge in [-0.1, -0.05) is 24.4 Å². The van der Waals surface area contributed by atoms with E-state index in [1.54, 1.807) is 13.2 Å². The highest BCUT2D eigenvalue weighted by molar-refractivity contribution is 6.32. The van der Waals surface area contributed by atoms with E-state index in [2.05, 4.69) is 10.2 Å². The Morgan fingerprint density at radius 2 is 2.09 bits per heavy atom. The largest absolute Gasteiger partial charge is 0.495 e. The van der Waals surface area contributed by atoms with Gasteiger partial charge in [0.15, 0.2) is 0 Å². The van der Waals surface area contributed by atoms with Crippen molar-refractivity contribution in [2.75, 3.05) is 25.5 Å². The number of likely N-dealkylation sites (tertiary alicyclic amines) is 1. The average molecular weight is 337 g/mol. The van der Waals surface area contributed by atoms with Crippen LogP contribution in [-0.2, 0) is 4.79 Å². The molecule has 1 heterocycles. The minimum absolute atomic E-state index is 0.202. The third kappa shape index (κ3) is 3.74. The maximum absolute atomic E-state index is 12.6. The second-order valence-electron chi connectivity index (χ2n) is 6.54. The molecule has 1 aromatic carbocycles. The quantitative estimate of drug-likeness (QED) is 0.905. The Hall–Kier alpha value is -1.42. The Kier molecular flexibility index (Phi) is 5.31. The van der Waals surface area contributed by atoms with Crippen LogP contribution in [0.25, 0.3) is 0 Å². The van der Waals surface area contributed by atoms with Gasteiger partial charge in [0.25, 0.3) is 0 Å². The molecule has 3 rings (SSSR count). The van der Waals surface area contributed by atoms with Crippen LogP contribution >= 0.6 is 11.6 Å². The molecule has 2 fully saturated rings. The van der Waals surface area contributed by atoms with Crippen molar-refractivity contribution < 1.29 is 9.53 Å². The molecule has 0 spiro atoms. The Morgan fingerprint density at radius 1 is 1.30 bits per heavy atom. The molecule has 2 aliphatic rings. The summed E-state index contributed by atoms with van der Waals surface area (Å²) in [7, 11) is 1.59. The number of nitrogens with zero attached hydrogens (tertiary/aromatic N) is 1. The maximum Gasteiger partial charge on any atom is 0.242 e. The molecule has 0 bridgehead atoms. The van der Waals surface area contributed by atoms with Crippen molar-refractivity contribution in [1.29, 1.82) is 0 Å². The molecule has 1 saturated carbocycles. The predicted molar refractivity (Wildman–Crippen MR) is 93.2 cm³/mol. The van der Waals surface area contributed by atoms with Gasteiger partial charge in [-0.15, -0.1) is 0 Å². The van der Waals surface area contributed by atoms with Crippen LogP contribution in [0.2, 0.25) is 5.02 Å². The fourth-order valence-electron chi connectivity index (χ4n) is 3.99. The van der Waals surface area contributed by atoms with Gasteiger partial charge < -0.3 is 15.0 Å². The zero-order chi connectivity index (χ0) is 16.2. The number of fused-ring (bicyclic) bond motifs is 1. The SMILES string of the molecule is COc1ccc(NCC(=O)N2CCCC3CCCCC32)cc1Cl. The van der Waals surface area contributed by atoms with Crippen molar-refractivity contribution >= 4 is 23.2 Å². The lowest BCUT2D eigenvalue weighted by atomic mass is 9.78. The van der Waals surface area contributed by atoms with E-state index in [9.17, 15) is 4.79 Å². The van der Waals surface area contributed by atoms with Gasteiger partial charge in [0, 0.05) is 18.3 Å². The summed E-state index contributed by atoms with van der Waals surface area (Å²) in [5, 5.41) is 3.75. The topological polar surface area (TPSA) is 41.6 Å². The lowest BCUT2D eigenvalue weighted by Gasteiger charge is -2.44. The molecule has 4 nitrogen and oxygen atoms in total. The zero-order valence-corrected chi connectivity index (χ0v) is 14.4. The van der Waals surface area contributed by atoms with E-state index in [1.165, 1.54) is 32.1 Å². The van der Waals surface area contributed by atoms with E-state index in [0.717, 1.165) is 24.6 Å².